The summed E-state index contributed by atoms with van der Waals surface area (Å²) in [5.41, 5.74) is 1.32. The van der Waals surface area contributed by atoms with E-state index in [0.29, 0.717) is 6.04 Å². The maximum Gasteiger partial charge on any atom is 0.269 e. The van der Waals surface area contributed by atoms with E-state index in [2.05, 4.69) is 5.32 Å². The molecular weight excluding hydrogens is 204 g/mol. The highest BCUT2D eigenvalue weighted by molar-refractivity contribution is 5.34. The fourth-order valence-corrected chi connectivity index (χ4v) is 2.14. The first kappa shape index (κ1) is 11.1. The number of nitrogens with one attached hydrogen (secondary N) is 1. The minimum absolute atomic E-state index is 0.164. The third kappa shape index (κ3) is 2.58. The van der Waals surface area contributed by atoms with Gasteiger partial charge in [0.05, 0.1) is 4.92 Å². The summed E-state index contributed by atoms with van der Waals surface area (Å²) in [5, 5.41) is 14.0. The van der Waals surface area contributed by atoms with Gasteiger partial charge in [-0.2, -0.15) is 0 Å². The van der Waals surface area contributed by atoms with Gasteiger partial charge in [-0.15, -0.1) is 0 Å². The van der Waals surface area contributed by atoms with Gasteiger partial charge in [0.25, 0.3) is 5.69 Å². The molecule has 1 saturated heterocycles. The van der Waals surface area contributed by atoms with Crippen LogP contribution in [-0.2, 0) is 0 Å². The van der Waals surface area contributed by atoms with Gasteiger partial charge < -0.3 is 5.32 Å². The highest BCUT2D eigenvalue weighted by Gasteiger charge is 2.14. The van der Waals surface area contributed by atoms with Crippen molar-refractivity contribution in [2.24, 2.45) is 0 Å². The Labute approximate surface area is 94.8 Å². The minimum Gasteiger partial charge on any atom is -0.310 e. The molecule has 0 spiro atoms. The van der Waals surface area contributed by atoms with E-state index in [1.54, 1.807) is 12.1 Å². The van der Waals surface area contributed by atoms with E-state index >= 15 is 0 Å². The Hall–Kier alpha value is -1.42. The van der Waals surface area contributed by atoms with Gasteiger partial charge in [0.15, 0.2) is 0 Å². The lowest BCUT2D eigenvalue weighted by Gasteiger charge is -2.15. The average Bonchev–Trinajstić information content (AvgIpc) is 2.57. The molecule has 4 heteroatoms. The largest absolute Gasteiger partial charge is 0.310 e. The van der Waals surface area contributed by atoms with Crippen LogP contribution in [0, 0.1) is 10.1 Å². The molecule has 1 aliphatic heterocycles. The standard InChI is InChI=1S/C12H16N2O2/c15-14(16)11-7-5-10(6-8-11)12-4-2-1-3-9-13-12/h5-8,12-13H,1-4,9H2. The number of rotatable bonds is 2. The monoisotopic (exact) mass is 220 g/mol. The highest BCUT2D eigenvalue weighted by atomic mass is 16.6. The summed E-state index contributed by atoms with van der Waals surface area (Å²) < 4.78 is 0. The van der Waals surface area contributed by atoms with Crippen molar-refractivity contribution in [3.05, 3.63) is 39.9 Å². The van der Waals surface area contributed by atoms with Gasteiger partial charge in [-0.1, -0.05) is 25.0 Å². The molecule has 16 heavy (non-hydrogen) atoms. The van der Waals surface area contributed by atoms with Crippen LogP contribution in [0.1, 0.15) is 37.3 Å². The first-order chi connectivity index (χ1) is 7.77. The fraction of sp³-hybridized carbons (Fsp3) is 0.500. The number of nitrogens with zero attached hydrogens (tertiary/aromatic N) is 1. The number of nitro benzene ring substituents is 1. The first-order valence-corrected chi connectivity index (χ1v) is 5.75. The molecule has 0 aliphatic carbocycles. The topological polar surface area (TPSA) is 55.2 Å². The van der Waals surface area contributed by atoms with Crippen molar-refractivity contribution in [3.63, 3.8) is 0 Å². The normalized spacial score (nSPS) is 21.4. The van der Waals surface area contributed by atoms with Crippen molar-refractivity contribution < 1.29 is 4.92 Å². The SMILES string of the molecule is O=[N+]([O-])c1ccc(C2CCCCCN2)cc1. The molecule has 1 atom stereocenters. The molecule has 1 aromatic carbocycles. The average molecular weight is 220 g/mol. The molecular formula is C12H16N2O2. The number of hydrogen-bond donors (Lipinski definition) is 1. The third-order valence-electron chi connectivity index (χ3n) is 3.07. The van der Waals surface area contributed by atoms with Gasteiger partial charge in [-0.25, -0.2) is 0 Å². The van der Waals surface area contributed by atoms with Crippen LogP contribution < -0.4 is 5.32 Å². The molecule has 0 saturated carbocycles. The summed E-state index contributed by atoms with van der Waals surface area (Å²) in [6.07, 6.45) is 4.85. The van der Waals surface area contributed by atoms with Crippen LogP contribution >= 0.6 is 0 Å². The van der Waals surface area contributed by atoms with Gasteiger partial charge in [0.2, 0.25) is 0 Å². The van der Waals surface area contributed by atoms with Crippen molar-refractivity contribution in [2.75, 3.05) is 6.54 Å². The van der Waals surface area contributed by atoms with Crippen molar-refractivity contribution in [2.45, 2.75) is 31.7 Å². The second kappa shape index (κ2) is 5.07. The lowest BCUT2D eigenvalue weighted by Crippen LogP contribution is -2.20. The Kier molecular flexibility index (Phi) is 3.51. The predicted octanol–water partition coefficient (Wildman–Crippen LogP) is 2.80. The van der Waals surface area contributed by atoms with Crippen LogP contribution in [0.15, 0.2) is 24.3 Å². The first-order valence-electron chi connectivity index (χ1n) is 5.75. The van der Waals surface area contributed by atoms with Crippen LogP contribution in [0.25, 0.3) is 0 Å². The molecule has 1 unspecified atom stereocenters. The number of nitro groups is 1. The molecule has 0 radical (unpaired) electrons. The molecule has 0 aromatic heterocycles. The highest BCUT2D eigenvalue weighted by Crippen LogP contribution is 2.24. The molecule has 1 N–H and O–H groups in total. The van der Waals surface area contributed by atoms with Gasteiger partial charge in [-0.05, 0) is 24.9 Å². The Morgan fingerprint density at radius 3 is 2.62 bits per heavy atom. The second-order valence-electron chi connectivity index (χ2n) is 4.20. The molecule has 0 amide bonds. The Bertz CT molecular complexity index is 354. The quantitative estimate of drug-likeness (QED) is 0.616. The minimum atomic E-state index is -0.357. The van der Waals surface area contributed by atoms with Crippen molar-refractivity contribution in [1.29, 1.82) is 0 Å². The number of non-ortho nitro benzene ring substituents is 1. The molecule has 2 rings (SSSR count). The van der Waals surface area contributed by atoms with Gasteiger partial charge >= 0.3 is 0 Å². The van der Waals surface area contributed by atoms with E-state index in [-0.39, 0.29) is 10.6 Å². The Balaban J connectivity index is 2.10. The molecule has 1 heterocycles. The van der Waals surface area contributed by atoms with Crippen LogP contribution in [-0.4, -0.2) is 11.5 Å². The third-order valence-corrected chi connectivity index (χ3v) is 3.07. The second-order valence-corrected chi connectivity index (χ2v) is 4.20. The summed E-state index contributed by atoms with van der Waals surface area (Å²) in [6, 6.07) is 7.26. The lowest BCUT2D eigenvalue weighted by atomic mass is 10.0. The van der Waals surface area contributed by atoms with E-state index in [1.807, 2.05) is 12.1 Å². The zero-order chi connectivity index (χ0) is 11.4. The summed E-state index contributed by atoms with van der Waals surface area (Å²) in [7, 11) is 0. The maximum absolute atomic E-state index is 10.5. The molecule has 4 nitrogen and oxygen atoms in total. The number of hydrogen-bond acceptors (Lipinski definition) is 3. The molecule has 0 bridgehead atoms. The van der Waals surface area contributed by atoms with Crippen molar-refractivity contribution in [1.82, 2.24) is 5.32 Å². The van der Waals surface area contributed by atoms with Crippen LogP contribution in [0.3, 0.4) is 0 Å². The number of benzene rings is 1. The molecule has 1 fully saturated rings. The lowest BCUT2D eigenvalue weighted by molar-refractivity contribution is -0.384. The van der Waals surface area contributed by atoms with E-state index in [0.717, 1.165) is 18.5 Å². The van der Waals surface area contributed by atoms with Gasteiger partial charge in [-0.3, -0.25) is 10.1 Å². The fourth-order valence-electron chi connectivity index (χ4n) is 2.14. The van der Waals surface area contributed by atoms with E-state index in [1.165, 1.54) is 19.3 Å². The maximum atomic E-state index is 10.5. The van der Waals surface area contributed by atoms with Gasteiger partial charge in [0, 0.05) is 18.2 Å². The van der Waals surface area contributed by atoms with Crippen LogP contribution in [0.5, 0.6) is 0 Å². The molecule has 86 valence electrons. The van der Waals surface area contributed by atoms with E-state index in [9.17, 15) is 10.1 Å². The summed E-state index contributed by atoms with van der Waals surface area (Å²) in [5.74, 6) is 0. The van der Waals surface area contributed by atoms with Crippen LogP contribution in [0.4, 0.5) is 5.69 Å². The smallest absolute Gasteiger partial charge is 0.269 e. The Morgan fingerprint density at radius 1 is 1.19 bits per heavy atom. The van der Waals surface area contributed by atoms with E-state index < -0.39 is 0 Å². The van der Waals surface area contributed by atoms with Crippen molar-refractivity contribution >= 4 is 5.69 Å². The Morgan fingerprint density at radius 2 is 1.94 bits per heavy atom. The van der Waals surface area contributed by atoms with Gasteiger partial charge in [0.1, 0.15) is 0 Å². The van der Waals surface area contributed by atoms with Crippen LogP contribution in [0.2, 0.25) is 0 Å². The zero-order valence-corrected chi connectivity index (χ0v) is 9.19. The predicted molar refractivity (Wildman–Crippen MR) is 62.3 cm³/mol. The molecule has 1 aliphatic rings. The molecule has 1 aromatic rings. The summed E-state index contributed by atoms with van der Waals surface area (Å²) >= 11 is 0. The summed E-state index contributed by atoms with van der Waals surface area (Å²) in [6.45, 7) is 1.04. The summed E-state index contributed by atoms with van der Waals surface area (Å²) in [4.78, 5) is 10.2. The zero-order valence-electron chi connectivity index (χ0n) is 9.19. The van der Waals surface area contributed by atoms with Crippen molar-refractivity contribution in [3.8, 4) is 0 Å². The van der Waals surface area contributed by atoms with E-state index in [4.69, 9.17) is 0 Å².